The number of aromatic nitrogens is 1. The van der Waals surface area contributed by atoms with Crippen molar-refractivity contribution in [1.82, 2.24) is 4.98 Å². The van der Waals surface area contributed by atoms with Crippen LogP contribution in [-0.2, 0) is 4.74 Å². The number of hydrogen-bond acceptors (Lipinski definition) is 4. The minimum atomic E-state index is -0.499. The summed E-state index contributed by atoms with van der Waals surface area (Å²) in [7, 11) is 0. The molecule has 0 aliphatic rings. The first kappa shape index (κ1) is 12.9. The summed E-state index contributed by atoms with van der Waals surface area (Å²) in [5.41, 5.74) is 0.555. The average molecular weight is 258 g/mol. The van der Waals surface area contributed by atoms with Crippen molar-refractivity contribution >= 4 is 11.8 Å². The van der Waals surface area contributed by atoms with Gasteiger partial charge in [0, 0.05) is 6.07 Å². The maximum atomic E-state index is 11.2. The first-order valence-electron chi connectivity index (χ1n) is 5.90. The van der Waals surface area contributed by atoms with Gasteiger partial charge < -0.3 is 9.47 Å². The van der Waals surface area contributed by atoms with Crippen molar-refractivity contribution in [2.75, 3.05) is 11.9 Å². The fourth-order valence-electron chi connectivity index (χ4n) is 1.41. The highest BCUT2D eigenvalue weighted by Gasteiger charge is 2.03. The summed E-state index contributed by atoms with van der Waals surface area (Å²) in [5.74, 6) is 1.17. The van der Waals surface area contributed by atoms with E-state index in [-0.39, 0.29) is 0 Å². The number of nitrogens with one attached hydrogen (secondary N) is 1. The number of rotatable bonds is 4. The van der Waals surface area contributed by atoms with E-state index >= 15 is 0 Å². The van der Waals surface area contributed by atoms with E-state index in [1.165, 1.54) is 6.20 Å². The number of nitrogens with zero attached hydrogens (tertiary/aromatic N) is 1. The summed E-state index contributed by atoms with van der Waals surface area (Å²) in [6.45, 7) is 2.07. The quantitative estimate of drug-likeness (QED) is 0.912. The third-order valence-electron chi connectivity index (χ3n) is 2.22. The van der Waals surface area contributed by atoms with Gasteiger partial charge in [0.2, 0.25) is 5.88 Å². The van der Waals surface area contributed by atoms with E-state index in [2.05, 4.69) is 10.3 Å². The van der Waals surface area contributed by atoms with Crippen LogP contribution in [0.1, 0.15) is 6.92 Å². The molecule has 0 bridgehead atoms. The lowest BCUT2D eigenvalue weighted by atomic mass is 10.3. The average Bonchev–Trinajstić information content (AvgIpc) is 2.42. The molecular weight excluding hydrogens is 244 g/mol. The van der Waals surface area contributed by atoms with Crippen molar-refractivity contribution in [2.45, 2.75) is 6.92 Å². The molecule has 0 saturated carbocycles. The first-order chi connectivity index (χ1) is 9.28. The highest BCUT2D eigenvalue weighted by Crippen LogP contribution is 2.19. The molecule has 0 saturated heterocycles. The molecule has 0 atom stereocenters. The first-order valence-corrected chi connectivity index (χ1v) is 5.90. The Bertz CT molecular complexity index is 526. The lowest BCUT2D eigenvalue weighted by Gasteiger charge is -2.06. The summed E-state index contributed by atoms with van der Waals surface area (Å²) >= 11 is 0. The maximum Gasteiger partial charge on any atom is 0.411 e. The van der Waals surface area contributed by atoms with Gasteiger partial charge in [-0.05, 0) is 25.1 Å². The summed E-state index contributed by atoms with van der Waals surface area (Å²) < 4.78 is 10.3. The second kappa shape index (κ2) is 6.39. The third-order valence-corrected chi connectivity index (χ3v) is 2.22. The van der Waals surface area contributed by atoms with Gasteiger partial charge in [0.15, 0.2) is 0 Å². The molecule has 1 aromatic heterocycles. The molecule has 5 heteroatoms. The van der Waals surface area contributed by atoms with E-state index in [9.17, 15) is 4.79 Å². The Kier molecular flexibility index (Phi) is 4.34. The highest BCUT2D eigenvalue weighted by molar-refractivity contribution is 5.84. The Morgan fingerprint density at radius 1 is 1.21 bits per heavy atom. The number of hydrogen-bond donors (Lipinski definition) is 1. The lowest BCUT2D eigenvalue weighted by Crippen LogP contribution is -2.13. The van der Waals surface area contributed by atoms with Crippen molar-refractivity contribution in [1.29, 1.82) is 0 Å². The van der Waals surface area contributed by atoms with Crippen LogP contribution in [0.2, 0.25) is 0 Å². The molecule has 98 valence electrons. The molecule has 0 fully saturated rings. The van der Waals surface area contributed by atoms with E-state index < -0.39 is 6.09 Å². The standard InChI is InChI=1S/C14H14N2O3/c1-2-18-14(17)16-11-8-9-13(15-10-11)19-12-6-4-3-5-7-12/h3-10H,2H2,1H3,(H,16,17). The maximum absolute atomic E-state index is 11.2. The normalized spacial score (nSPS) is 9.74. The van der Waals surface area contributed by atoms with E-state index in [1.807, 2.05) is 30.3 Å². The minimum absolute atomic E-state index is 0.328. The number of carbonyl (C=O) groups excluding carboxylic acids is 1. The second-order valence-corrected chi connectivity index (χ2v) is 3.65. The van der Waals surface area contributed by atoms with Crippen LogP contribution in [0.5, 0.6) is 11.6 Å². The van der Waals surface area contributed by atoms with Gasteiger partial charge in [-0.2, -0.15) is 0 Å². The van der Waals surface area contributed by atoms with Crippen molar-refractivity contribution in [3.8, 4) is 11.6 Å². The van der Waals surface area contributed by atoms with Crippen molar-refractivity contribution < 1.29 is 14.3 Å². The van der Waals surface area contributed by atoms with Crippen LogP contribution in [0.3, 0.4) is 0 Å². The van der Waals surface area contributed by atoms with Crippen molar-refractivity contribution in [3.05, 3.63) is 48.7 Å². The number of pyridine rings is 1. The summed E-state index contributed by atoms with van der Waals surface area (Å²) in [5, 5.41) is 2.55. The van der Waals surface area contributed by atoms with Crippen LogP contribution in [0.25, 0.3) is 0 Å². The molecule has 2 rings (SSSR count). The number of amides is 1. The van der Waals surface area contributed by atoms with Gasteiger partial charge in [-0.3, -0.25) is 5.32 Å². The fourth-order valence-corrected chi connectivity index (χ4v) is 1.41. The Hall–Kier alpha value is -2.56. The van der Waals surface area contributed by atoms with E-state index in [0.29, 0.717) is 23.9 Å². The second-order valence-electron chi connectivity index (χ2n) is 3.65. The molecule has 1 amide bonds. The molecule has 0 radical (unpaired) electrons. The van der Waals surface area contributed by atoms with Gasteiger partial charge in [-0.15, -0.1) is 0 Å². The highest BCUT2D eigenvalue weighted by atomic mass is 16.5. The van der Waals surface area contributed by atoms with E-state index in [4.69, 9.17) is 9.47 Å². The molecular formula is C14H14N2O3. The number of benzene rings is 1. The van der Waals surface area contributed by atoms with E-state index in [0.717, 1.165) is 0 Å². The summed E-state index contributed by atoms with van der Waals surface area (Å²) in [4.78, 5) is 15.3. The molecule has 5 nitrogen and oxygen atoms in total. The van der Waals surface area contributed by atoms with Gasteiger partial charge in [0.05, 0.1) is 18.5 Å². The molecule has 19 heavy (non-hydrogen) atoms. The Morgan fingerprint density at radius 2 is 2.00 bits per heavy atom. The summed E-state index contributed by atoms with van der Waals surface area (Å²) in [6.07, 6.45) is 1.01. The van der Waals surface area contributed by atoms with Gasteiger partial charge in [-0.25, -0.2) is 9.78 Å². The van der Waals surface area contributed by atoms with Gasteiger partial charge in [0.1, 0.15) is 5.75 Å². The number of carbonyl (C=O) groups is 1. The molecule has 0 aliphatic heterocycles. The molecule has 0 aliphatic carbocycles. The fraction of sp³-hybridized carbons (Fsp3) is 0.143. The minimum Gasteiger partial charge on any atom is -0.450 e. The lowest BCUT2D eigenvalue weighted by molar-refractivity contribution is 0.168. The van der Waals surface area contributed by atoms with Gasteiger partial charge in [0.25, 0.3) is 0 Å². The molecule has 0 spiro atoms. The predicted molar refractivity (Wildman–Crippen MR) is 71.4 cm³/mol. The largest absolute Gasteiger partial charge is 0.450 e. The van der Waals surface area contributed by atoms with Crippen LogP contribution in [0.4, 0.5) is 10.5 Å². The summed E-state index contributed by atoms with van der Waals surface area (Å²) in [6, 6.07) is 12.7. The van der Waals surface area contributed by atoms with Crippen molar-refractivity contribution in [3.63, 3.8) is 0 Å². The zero-order valence-electron chi connectivity index (χ0n) is 10.5. The molecule has 0 unspecified atom stereocenters. The number of anilines is 1. The Labute approximate surface area is 111 Å². The van der Waals surface area contributed by atoms with Gasteiger partial charge >= 0.3 is 6.09 Å². The SMILES string of the molecule is CCOC(=O)Nc1ccc(Oc2ccccc2)nc1. The smallest absolute Gasteiger partial charge is 0.411 e. The molecule has 1 heterocycles. The van der Waals surface area contributed by atoms with Crippen LogP contribution in [-0.4, -0.2) is 17.7 Å². The number of ether oxygens (including phenoxy) is 2. The third kappa shape index (κ3) is 3.99. The van der Waals surface area contributed by atoms with Crippen LogP contribution < -0.4 is 10.1 Å². The molecule has 1 aromatic carbocycles. The predicted octanol–water partition coefficient (Wildman–Crippen LogP) is 3.44. The molecule has 2 aromatic rings. The Balaban J connectivity index is 1.97. The van der Waals surface area contributed by atoms with Gasteiger partial charge in [-0.1, -0.05) is 18.2 Å². The van der Waals surface area contributed by atoms with Crippen molar-refractivity contribution in [2.24, 2.45) is 0 Å². The monoisotopic (exact) mass is 258 g/mol. The number of para-hydroxylation sites is 1. The zero-order valence-corrected chi connectivity index (χ0v) is 10.5. The zero-order chi connectivity index (χ0) is 13.5. The van der Waals surface area contributed by atoms with Crippen LogP contribution >= 0.6 is 0 Å². The van der Waals surface area contributed by atoms with Crippen LogP contribution in [0, 0.1) is 0 Å². The molecule has 1 N–H and O–H groups in total. The topological polar surface area (TPSA) is 60.5 Å². The van der Waals surface area contributed by atoms with E-state index in [1.54, 1.807) is 19.1 Å². The Morgan fingerprint density at radius 3 is 2.63 bits per heavy atom. The van der Waals surface area contributed by atoms with Crippen LogP contribution in [0.15, 0.2) is 48.7 Å².